The monoisotopic (exact) mass is 342 g/mol. The van der Waals surface area contributed by atoms with Gasteiger partial charge in [-0.3, -0.25) is 14.7 Å². The Morgan fingerprint density at radius 2 is 2.12 bits per heavy atom. The zero-order valence-electron chi connectivity index (χ0n) is 13.2. The van der Waals surface area contributed by atoms with Crippen LogP contribution in [0.3, 0.4) is 0 Å². The van der Waals surface area contributed by atoms with Crippen LogP contribution < -0.4 is 5.73 Å². The molecular formula is C17H15FN4OS. The molecule has 122 valence electrons. The molecule has 0 bridgehead atoms. The number of thiophene rings is 1. The van der Waals surface area contributed by atoms with Crippen molar-refractivity contribution in [1.82, 2.24) is 9.88 Å². The van der Waals surface area contributed by atoms with Crippen LogP contribution in [0.4, 0.5) is 4.39 Å². The van der Waals surface area contributed by atoms with Crippen LogP contribution in [0.5, 0.6) is 0 Å². The van der Waals surface area contributed by atoms with Gasteiger partial charge >= 0.3 is 0 Å². The molecule has 0 fully saturated rings. The molecule has 0 unspecified atom stereocenters. The van der Waals surface area contributed by atoms with E-state index in [9.17, 15) is 9.18 Å². The molecule has 1 aliphatic heterocycles. The molecule has 24 heavy (non-hydrogen) atoms. The first-order chi connectivity index (χ1) is 11.5. The summed E-state index contributed by atoms with van der Waals surface area (Å²) in [5.41, 5.74) is 8.27. The maximum absolute atomic E-state index is 14.3. The molecular weight excluding hydrogens is 327 g/mol. The fourth-order valence-electron chi connectivity index (χ4n) is 2.41. The van der Waals surface area contributed by atoms with E-state index in [2.05, 4.69) is 21.8 Å². The van der Waals surface area contributed by atoms with Crippen molar-refractivity contribution in [3.05, 3.63) is 40.3 Å². The highest BCUT2D eigenvalue weighted by atomic mass is 32.1. The maximum atomic E-state index is 14.3. The lowest BCUT2D eigenvalue weighted by atomic mass is 10.1. The van der Waals surface area contributed by atoms with Gasteiger partial charge in [0, 0.05) is 35.4 Å². The molecule has 2 aromatic heterocycles. The molecule has 0 saturated carbocycles. The summed E-state index contributed by atoms with van der Waals surface area (Å²) < 4.78 is 14.3. The third-order valence-electron chi connectivity index (χ3n) is 3.71. The minimum Gasteiger partial charge on any atom is -0.369 e. The zero-order valence-corrected chi connectivity index (χ0v) is 14.0. The van der Waals surface area contributed by atoms with Crippen molar-refractivity contribution >= 4 is 23.2 Å². The van der Waals surface area contributed by atoms with E-state index in [4.69, 9.17) is 5.73 Å². The third-order valence-corrected chi connectivity index (χ3v) is 4.71. The van der Waals surface area contributed by atoms with Gasteiger partial charge in [-0.15, -0.1) is 17.3 Å². The normalized spacial score (nSPS) is 20.4. The summed E-state index contributed by atoms with van der Waals surface area (Å²) in [7, 11) is 1.41. The number of hydrogen-bond donors (Lipinski definition) is 1. The second-order valence-electron chi connectivity index (χ2n) is 5.31. The number of hydrogen-bond acceptors (Lipinski definition) is 5. The molecule has 7 heteroatoms. The number of aliphatic imine (C=N–C) groups is 1. The van der Waals surface area contributed by atoms with Gasteiger partial charge < -0.3 is 5.73 Å². The second kappa shape index (κ2) is 6.42. The topological polar surface area (TPSA) is 71.6 Å². The fraction of sp³-hybridized carbons (Fsp3) is 0.235. The van der Waals surface area contributed by atoms with Gasteiger partial charge in [0.05, 0.1) is 0 Å². The third kappa shape index (κ3) is 2.88. The summed E-state index contributed by atoms with van der Waals surface area (Å²) in [6.45, 7) is 1.76. The molecule has 2 atom stereocenters. The van der Waals surface area contributed by atoms with Crippen LogP contribution >= 0.6 is 11.3 Å². The van der Waals surface area contributed by atoms with E-state index in [0.717, 1.165) is 21.6 Å². The zero-order chi connectivity index (χ0) is 17.3. The number of carbonyl (C=O) groups excluding carboxylic acids is 1. The maximum Gasteiger partial charge on any atom is 0.266 e. The first-order valence-corrected chi connectivity index (χ1v) is 8.10. The van der Waals surface area contributed by atoms with Crippen molar-refractivity contribution in [3.8, 4) is 23.0 Å². The van der Waals surface area contributed by atoms with Gasteiger partial charge in [0.1, 0.15) is 6.04 Å². The number of rotatable bonds is 2. The average molecular weight is 342 g/mol. The number of aromatic nitrogens is 1. The number of nitrogens with two attached hydrogens (primary N) is 1. The van der Waals surface area contributed by atoms with Crippen LogP contribution in [0, 0.1) is 11.8 Å². The first kappa shape index (κ1) is 16.1. The van der Waals surface area contributed by atoms with Gasteiger partial charge in [-0.25, -0.2) is 9.38 Å². The van der Waals surface area contributed by atoms with Crippen LogP contribution in [0.2, 0.25) is 0 Å². The molecule has 0 radical (unpaired) electrons. The molecule has 2 aromatic rings. The number of amides is 1. The molecule has 1 aliphatic rings. The summed E-state index contributed by atoms with van der Waals surface area (Å²) in [5.74, 6) is 5.13. The molecule has 0 aromatic carbocycles. The van der Waals surface area contributed by atoms with Crippen LogP contribution in [-0.4, -0.2) is 35.0 Å². The van der Waals surface area contributed by atoms with Gasteiger partial charge in [0.25, 0.3) is 5.91 Å². The highest BCUT2D eigenvalue weighted by Crippen LogP contribution is 2.35. The van der Waals surface area contributed by atoms with Crippen molar-refractivity contribution < 1.29 is 9.18 Å². The SMILES string of the molecule is CC#Cc1cncc(-c2csc([C@H]3N=C(N)N(C)C(=O)[C@@H]3F)c2)c1. The lowest BCUT2D eigenvalue weighted by Gasteiger charge is -2.27. The fourth-order valence-corrected chi connectivity index (χ4v) is 3.38. The summed E-state index contributed by atoms with van der Waals surface area (Å²) in [4.78, 5) is 21.8. The highest BCUT2D eigenvalue weighted by molar-refractivity contribution is 7.10. The molecule has 0 aliphatic carbocycles. The molecule has 2 N–H and O–H groups in total. The number of pyridine rings is 1. The van der Waals surface area contributed by atoms with Crippen LogP contribution in [-0.2, 0) is 4.79 Å². The Labute approximate surface area is 143 Å². The Bertz CT molecular complexity index is 880. The van der Waals surface area contributed by atoms with E-state index in [0.29, 0.717) is 4.88 Å². The van der Waals surface area contributed by atoms with Crippen molar-refractivity contribution in [2.45, 2.75) is 19.1 Å². The van der Waals surface area contributed by atoms with E-state index in [1.165, 1.54) is 18.4 Å². The standard InChI is InChI=1S/C17H15FN4OS/c1-3-4-10-5-11(8-20-7-10)12-6-13(24-9-12)15-14(18)16(23)22(2)17(19)21-15/h5-9,14-15H,1-2H3,(H2,19,21)/t14-,15-/m1/s1. The molecule has 3 heterocycles. The second-order valence-corrected chi connectivity index (χ2v) is 6.25. The average Bonchev–Trinajstić information content (AvgIpc) is 3.07. The van der Waals surface area contributed by atoms with Crippen molar-refractivity contribution in [2.24, 2.45) is 10.7 Å². The van der Waals surface area contributed by atoms with Crippen molar-refractivity contribution in [1.29, 1.82) is 0 Å². The first-order valence-electron chi connectivity index (χ1n) is 7.22. The lowest BCUT2D eigenvalue weighted by Crippen LogP contribution is -2.48. The number of halogens is 1. The van der Waals surface area contributed by atoms with E-state index in [-0.39, 0.29) is 5.96 Å². The quantitative estimate of drug-likeness (QED) is 0.852. The predicted octanol–water partition coefficient (Wildman–Crippen LogP) is 2.35. The number of guanidine groups is 1. The lowest BCUT2D eigenvalue weighted by molar-refractivity contribution is -0.133. The van der Waals surface area contributed by atoms with E-state index in [1.807, 2.05) is 17.5 Å². The minimum absolute atomic E-state index is 0.0238. The van der Waals surface area contributed by atoms with Gasteiger partial charge in [0.2, 0.25) is 6.17 Å². The van der Waals surface area contributed by atoms with Crippen LogP contribution in [0.1, 0.15) is 23.4 Å². The molecule has 5 nitrogen and oxygen atoms in total. The Balaban J connectivity index is 1.95. The molecule has 1 amide bonds. The van der Waals surface area contributed by atoms with E-state index in [1.54, 1.807) is 19.3 Å². The van der Waals surface area contributed by atoms with Crippen molar-refractivity contribution in [2.75, 3.05) is 7.05 Å². The molecule has 0 spiro atoms. The summed E-state index contributed by atoms with van der Waals surface area (Å²) in [5, 5.41) is 1.89. The molecule has 0 saturated heterocycles. The smallest absolute Gasteiger partial charge is 0.266 e. The predicted molar refractivity (Wildman–Crippen MR) is 92.1 cm³/mol. The Kier molecular flexibility index (Phi) is 4.32. The van der Waals surface area contributed by atoms with Crippen molar-refractivity contribution in [3.63, 3.8) is 0 Å². The van der Waals surface area contributed by atoms with Crippen LogP contribution in [0.15, 0.2) is 34.9 Å². The van der Waals surface area contributed by atoms with Gasteiger partial charge in [0.15, 0.2) is 5.96 Å². The Morgan fingerprint density at radius 3 is 2.88 bits per heavy atom. The van der Waals surface area contributed by atoms with Gasteiger partial charge in [-0.2, -0.15) is 0 Å². The number of alkyl halides is 1. The summed E-state index contributed by atoms with van der Waals surface area (Å²) in [6.07, 6.45) is 1.67. The Hall–Kier alpha value is -2.72. The van der Waals surface area contributed by atoms with Crippen LogP contribution in [0.25, 0.3) is 11.1 Å². The number of carbonyl (C=O) groups is 1. The minimum atomic E-state index is -1.73. The summed E-state index contributed by atoms with van der Waals surface area (Å²) >= 11 is 1.34. The van der Waals surface area contributed by atoms with E-state index < -0.39 is 18.1 Å². The highest BCUT2D eigenvalue weighted by Gasteiger charge is 2.38. The Morgan fingerprint density at radius 1 is 1.33 bits per heavy atom. The van der Waals surface area contributed by atoms with Gasteiger partial charge in [-0.05, 0) is 30.0 Å². The largest absolute Gasteiger partial charge is 0.369 e. The summed E-state index contributed by atoms with van der Waals surface area (Å²) in [6, 6.07) is 2.83. The van der Waals surface area contributed by atoms with Gasteiger partial charge in [-0.1, -0.05) is 5.92 Å². The molecule has 3 rings (SSSR count). The van der Waals surface area contributed by atoms with E-state index >= 15 is 0 Å². The number of nitrogens with zero attached hydrogens (tertiary/aromatic N) is 3.